The number of carbonyl (C=O) groups is 2. The van der Waals surface area contributed by atoms with Gasteiger partial charge in [-0.3, -0.25) is 9.59 Å². The molecule has 0 atom stereocenters. The highest BCUT2D eigenvalue weighted by Crippen LogP contribution is 2.23. The molecule has 22 heavy (non-hydrogen) atoms. The molecule has 0 saturated heterocycles. The molecule has 0 bridgehead atoms. The summed E-state index contributed by atoms with van der Waals surface area (Å²) in [6, 6.07) is 13.9. The van der Waals surface area contributed by atoms with Crippen molar-refractivity contribution >= 4 is 28.3 Å². The van der Waals surface area contributed by atoms with E-state index in [-0.39, 0.29) is 11.8 Å². The molecule has 0 heterocycles. The van der Waals surface area contributed by atoms with Crippen molar-refractivity contribution in [3.63, 3.8) is 0 Å². The second-order valence-corrected chi connectivity index (χ2v) is 5.37. The quantitative estimate of drug-likeness (QED) is 0.769. The van der Waals surface area contributed by atoms with Gasteiger partial charge in [0.1, 0.15) is 0 Å². The fraction of sp³-hybridized carbons (Fsp3) is 0.333. The Balaban J connectivity index is 1.78. The molecule has 116 valence electrons. The lowest BCUT2D eigenvalue weighted by Crippen LogP contribution is -2.20. The normalized spacial score (nSPS) is 10.4. The number of hydrogen-bond acceptors (Lipinski definition) is 2. The highest BCUT2D eigenvalue weighted by atomic mass is 16.2. The summed E-state index contributed by atoms with van der Waals surface area (Å²) in [5.41, 5.74) is 0.862. The monoisotopic (exact) mass is 298 g/mol. The van der Waals surface area contributed by atoms with Gasteiger partial charge in [-0.2, -0.15) is 0 Å². The number of nitrogens with one attached hydrogen (secondary N) is 2. The van der Waals surface area contributed by atoms with Crippen LogP contribution in [0.5, 0.6) is 0 Å². The van der Waals surface area contributed by atoms with E-state index in [2.05, 4.69) is 10.6 Å². The van der Waals surface area contributed by atoms with E-state index in [1.165, 1.54) is 6.92 Å². The van der Waals surface area contributed by atoms with Crippen molar-refractivity contribution in [1.82, 2.24) is 5.32 Å². The van der Waals surface area contributed by atoms with Gasteiger partial charge in [-0.25, -0.2) is 0 Å². The Bertz CT molecular complexity index is 647. The summed E-state index contributed by atoms with van der Waals surface area (Å²) in [6.45, 7) is 2.19. The first-order chi connectivity index (χ1) is 10.7. The van der Waals surface area contributed by atoms with Crippen LogP contribution in [0.15, 0.2) is 42.5 Å². The van der Waals surface area contributed by atoms with E-state index in [1.807, 2.05) is 42.5 Å². The molecule has 4 heteroatoms. The number of fused-ring (bicyclic) bond motifs is 1. The van der Waals surface area contributed by atoms with Crippen LogP contribution < -0.4 is 10.6 Å². The predicted octanol–water partition coefficient (Wildman–Crippen LogP) is 3.47. The summed E-state index contributed by atoms with van der Waals surface area (Å²) in [5, 5.41) is 7.92. The molecular formula is C18H22N2O2. The van der Waals surface area contributed by atoms with Gasteiger partial charge in [-0.1, -0.05) is 42.8 Å². The molecule has 2 rings (SSSR count). The molecule has 2 amide bonds. The first-order valence-corrected chi connectivity index (χ1v) is 7.69. The van der Waals surface area contributed by atoms with Crippen LogP contribution in [-0.2, 0) is 9.59 Å². The third-order valence-electron chi connectivity index (χ3n) is 3.52. The van der Waals surface area contributed by atoms with E-state index < -0.39 is 0 Å². The van der Waals surface area contributed by atoms with Gasteiger partial charge in [0.15, 0.2) is 0 Å². The Labute approximate surface area is 130 Å². The van der Waals surface area contributed by atoms with E-state index in [1.54, 1.807) is 0 Å². The molecule has 0 aliphatic heterocycles. The number of unbranched alkanes of at least 4 members (excludes halogenated alkanes) is 2. The molecule has 0 aromatic heterocycles. The van der Waals surface area contributed by atoms with Crippen molar-refractivity contribution in [2.45, 2.75) is 32.6 Å². The number of carbonyl (C=O) groups excluding carboxylic acids is 2. The van der Waals surface area contributed by atoms with Crippen LogP contribution in [0.1, 0.15) is 32.6 Å². The second-order valence-electron chi connectivity index (χ2n) is 5.37. The van der Waals surface area contributed by atoms with Crippen molar-refractivity contribution in [2.75, 3.05) is 11.9 Å². The molecular weight excluding hydrogens is 276 g/mol. The summed E-state index contributed by atoms with van der Waals surface area (Å²) in [5.74, 6) is 0.0320. The number of amides is 2. The molecule has 2 aromatic carbocycles. The fourth-order valence-corrected chi connectivity index (χ4v) is 2.40. The van der Waals surface area contributed by atoms with Crippen LogP contribution in [0.3, 0.4) is 0 Å². The van der Waals surface area contributed by atoms with Crippen molar-refractivity contribution in [3.8, 4) is 0 Å². The molecule has 0 spiro atoms. The maximum Gasteiger partial charge on any atom is 0.224 e. The van der Waals surface area contributed by atoms with E-state index >= 15 is 0 Å². The molecule has 4 nitrogen and oxygen atoms in total. The van der Waals surface area contributed by atoms with Gasteiger partial charge in [0, 0.05) is 31.0 Å². The van der Waals surface area contributed by atoms with Crippen molar-refractivity contribution in [2.24, 2.45) is 0 Å². The Morgan fingerprint density at radius 2 is 1.73 bits per heavy atom. The fourth-order valence-electron chi connectivity index (χ4n) is 2.40. The van der Waals surface area contributed by atoms with Gasteiger partial charge >= 0.3 is 0 Å². The highest BCUT2D eigenvalue weighted by molar-refractivity contribution is 6.02. The number of rotatable bonds is 7. The minimum Gasteiger partial charge on any atom is -0.356 e. The van der Waals surface area contributed by atoms with Crippen LogP contribution in [0.2, 0.25) is 0 Å². The van der Waals surface area contributed by atoms with E-state index in [0.29, 0.717) is 13.0 Å². The first-order valence-electron chi connectivity index (χ1n) is 7.69. The zero-order valence-electron chi connectivity index (χ0n) is 12.9. The Hall–Kier alpha value is -2.36. The molecule has 0 radical (unpaired) electrons. The average molecular weight is 298 g/mol. The third-order valence-corrected chi connectivity index (χ3v) is 3.52. The number of benzene rings is 2. The van der Waals surface area contributed by atoms with Crippen LogP contribution in [0, 0.1) is 0 Å². The van der Waals surface area contributed by atoms with Gasteiger partial charge in [0.05, 0.1) is 0 Å². The maximum absolute atomic E-state index is 12.0. The zero-order valence-corrected chi connectivity index (χ0v) is 12.9. The lowest BCUT2D eigenvalue weighted by molar-refractivity contribution is -0.119. The van der Waals surface area contributed by atoms with Crippen LogP contribution >= 0.6 is 0 Å². The molecule has 0 aliphatic rings. The van der Waals surface area contributed by atoms with Gasteiger partial charge < -0.3 is 10.6 Å². The number of anilines is 1. The van der Waals surface area contributed by atoms with Crippen LogP contribution in [-0.4, -0.2) is 18.4 Å². The zero-order chi connectivity index (χ0) is 15.8. The SMILES string of the molecule is CC(=O)NCCCCCC(=O)Nc1cccc2ccccc12. The third kappa shape index (κ3) is 4.88. The van der Waals surface area contributed by atoms with Gasteiger partial charge in [0.2, 0.25) is 11.8 Å². The topological polar surface area (TPSA) is 58.2 Å². The lowest BCUT2D eigenvalue weighted by atomic mass is 10.1. The minimum absolute atomic E-state index is 0.00583. The molecule has 0 fully saturated rings. The minimum atomic E-state index is -0.00583. The van der Waals surface area contributed by atoms with E-state index in [4.69, 9.17) is 0 Å². The molecule has 2 N–H and O–H groups in total. The van der Waals surface area contributed by atoms with Crippen LogP contribution in [0.25, 0.3) is 10.8 Å². The summed E-state index contributed by atoms with van der Waals surface area (Å²) >= 11 is 0. The Morgan fingerprint density at radius 3 is 2.55 bits per heavy atom. The average Bonchev–Trinajstić information content (AvgIpc) is 2.51. The van der Waals surface area contributed by atoms with Crippen molar-refractivity contribution in [1.29, 1.82) is 0 Å². The second kappa shape index (κ2) is 8.17. The highest BCUT2D eigenvalue weighted by Gasteiger charge is 2.05. The summed E-state index contributed by atoms with van der Waals surface area (Å²) in [6.07, 6.45) is 3.17. The maximum atomic E-state index is 12.0. The standard InChI is InChI=1S/C18H22N2O2/c1-14(21)19-13-6-2-3-12-18(22)20-17-11-7-9-15-8-4-5-10-16(15)17/h4-5,7-11H,2-3,6,12-13H2,1H3,(H,19,21)(H,20,22). The molecule has 0 aliphatic carbocycles. The molecule has 2 aromatic rings. The Morgan fingerprint density at radius 1 is 0.955 bits per heavy atom. The Kier molecular flexibility index (Phi) is 5.95. The van der Waals surface area contributed by atoms with E-state index in [0.717, 1.165) is 35.7 Å². The largest absolute Gasteiger partial charge is 0.356 e. The summed E-state index contributed by atoms with van der Waals surface area (Å²) < 4.78 is 0. The molecule has 0 saturated carbocycles. The summed E-state index contributed by atoms with van der Waals surface area (Å²) in [4.78, 5) is 22.7. The van der Waals surface area contributed by atoms with Gasteiger partial charge in [0.25, 0.3) is 0 Å². The summed E-state index contributed by atoms with van der Waals surface area (Å²) in [7, 11) is 0. The van der Waals surface area contributed by atoms with Crippen LogP contribution in [0.4, 0.5) is 5.69 Å². The smallest absolute Gasteiger partial charge is 0.224 e. The number of hydrogen-bond donors (Lipinski definition) is 2. The first kappa shape index (κ1) is 16.0. The predicted molar refractivity (Wildman–Crippen MR) is 89.7 cm³/mol. The van der Waals surface area contributed by atoms with Crippen molar-refractivity contribution in [3.05, 3.63) is 42.5 Å². The van der Waals surface area contributed by atoms with E-state index in [9.17, 15) is 9.59 Å². The lowest BCUT2D eigenvalue weighted by Gasteiger charge is -2.08. The van der Waals surface area contributed by atoms with Gasteiger partial charge in [-0.05, 0) is 24.3 Å². The molecule has 0 unspecified atom stereocenters. The van der Waals surface area contributed by atoms with Crippen molar-refractivity contribution < 1.29 is 9.59 Å². The van der Waals surface area contributed by atoms with Gasteiger partial charge in [-0.15, -0.1) is 0 Å².